The van der Waals surface area contributed by atoms with E-state index in [2.05, 4.69) is 71.3 Å². The molecule has 0 aliphatic carbocycles. The van der Waals surface area contributed by atoms with Crippen molar-refractivity contribution < 1.29 is 27.9 Å². The number of ether oxygens (including phenoxy) is 1. The van der Waals surface area contributed by atoms with E-state index in [4.69, 9.17) is 4.74 Å². The number of carbonyl (C=O) groups is 2. The van der Waals surface area contributed by atoms with Gasteiger partial charge in [0.2, 0.25) is 15.9 Å². The van der Waals surface area contributed by atoms with E-state index in [0.717, 1.165) is 12.0 Å². The number of amides is 2. The first kappa shape index (κ1) is 41.4. The summed E-state index contributed by atoms with van der Waals surface area (Å²) in [5.74, 6) is 0.00490. The molecule has 10 heteroatoms. The minimum Gasteiger partial charge on any atom is -0.444 e. The van der Waals surface area contributed by atoms with Crippen LogP contribution in [0.5, 0.6) is 0 Å². The molecule has 2 amide bonds. The molecule has 2 atom stereocenters. The number of hydrogen-bond acceptors (Lipinski definition) is 6. The average molecular weight is 696 g/mol. The molecule has 3 rings (SSSR count). The van der Waals surface area contributed by atoms with Crippen LogP contribution in [0.3, 0.4) is 0 Å². The molecule has 0 aliphatic rings. The molecule has 3 N–H and O–H groups in total. The van der Waals surface area contributed by atoms with Crippen LogP contribution in [0.25, 0.3) is 0 Å². The van der Waals surface area contributed by atoms with Crippen LogP contribution in [0, 0.1) is 18.8 Å². The van der Waals surface area contributed by atoms with Crippen LogP contribution >= 0.6 is 0 Å². The first-order chi connectivity index (χ1) is 23.1. The number of nitrogens with one attached hydrogen (secondary N) is 2. The van der Waals surface area contributed by atoms with Gasteiger partial charge in [-0.15, -0.1) is 0 Å². The lowest BCUT2D eigenvalue weighted by molar-refractivity contribution is -0.120. The molecule has 0 saturated carbocycles. The van der Waals surface area contributed by atoms with E-state index < -0.39 is 27.8 Å². The fourth-order valence-corrected chi connectivity index (χ4v) is 6.65. The monoisotopic (exact) mass is 695 g/mol. The first-order valence-corrected chi connectivity index (χ1v) is 18.6. The maximum atomic E-state index is 13.5. The molecule has 270 valence electrons. The van der Waals surface area contributed by atoms with Gasteiger partial charge < -0.3 is 20.5 Å². The highest BCUT2D eigenvalue weighted by molar-refractivity contribution is 7.89. The Balaban J connectivity index is 0.000000526. The van der Waals surface area contributed by atoms with Gasteiger partial charge in [-0.25, -0.2) is 13.2 Å². The van der Waals surface area contributed by atoms with Crippen LogP contribution in [0.1, 0.15) is 77.5 Å². The molecule has 0 fully saturated rings. The largest absolute Gasteiger partial charge is 0.444 e. The number of alkyl carbamates (subject to hydrolysis) is 1. The van der Waals surface area contributed by atoms with Crippen molar-refractivity contribution in [1.29, 1.82) is 0 Å². The van der Waals surface area contributed by atoms with Crippen molar-refractivity contribution in [1.82, 2.24) is 14.9 Å². The van der Waals surface area contributed by atoms with Crippen LogP contribution in [0.4, 0.5) is 4.79 Å². The van der Waals surface area contributed by atoms with Gasteiger partial charge in [-0.2, -0.15) is 4.31 Å². The predicted molar refractivity (Wildman–Crippen MR) is 197 cm³/mol. The highest BCUT2D eigenvalue weighted by Gasteiger charge is 2.32. The number of sulfonamides is 1. The Morgan fingerprint density at radius 3 is 1.88 bits per heavy atom. The second-order valence-corrected chi connectivity index (χ2v) is 15.8. The van der Waals surface area contributed by atoms with Crippen molar-refractivity contribution in [2.45, 2.75) is 90.7 Å². The fourth-order valence-electron chi connectivity index (χ4n) is 5.01. The molecule has 9 nitrogen and oxygen atoms in total. The SMILES string of the molecule is Cc1ccc(S(=O)(=O)N(CCC(C)C)[C@H](CO)CC(C)CCNC(=O)CNC(=O)OC(C)(C)C)cc1.c1ccc(Cc2ccccc2)cc1. The zero-order valence-electron chi connectivity index (χ0n) is 30.3. The van der Waals surface area contributed by atoms with Crippen molar-refractivity contribution >= 4 is 22.0 Å². The number of benzene rings is 3. The third-order valence-corrected chi connectivity index (χ3v) is 9.66. The van der Waals surface area contributed by atoms with Crippen molar-refractivity contribution in [2.75, 3.05) is 26.2 Å². The summed E-state index contributed by atoms with van der Waals surface area (Å²) in [7, 11) is -3.78. The molecule has 0 spiro atoms. The van der Waals surface area contributed by atoms with Gasteiger partial charge >= 0.3 is 6.09 Å². The number of aliphatic hydroxyl groups is 1. The maximum absolute atomic E-state index is 13.5. The molecule has 0 bridgehead atoms. The molecule has 49 heavy (non-hydrogen) atoms. The van der Waals surface area contributed by atoms with Crippen LogP contribution in [-0.4, -0.2) is 67.7 Å². The van der Waals surface area contributed by atoms with Gasteiger partial charge in [-0.3, -0.25) is 4.79 Å². The predicted octanol–water partition coefficient (Wildman–Crippen LogP) is 6.73. The minimum absolute atomic E-state index is 0.0380. The van der Waals surface area contributed by atoms with E-state index >= 15 is 0 Å². The van der Waals surface area contributed by atoms with Crippen molar-refractivity contribution in [3.63, 3.8) is 0 Å². The fraction of sp³-hybridized carbons (Fsp3) is 0.487. The number of nitrogens with zero attached hydrogens (tertiary/aromatic N) is 1. The lowest BCUT2D eigenvalue weighted by Gasteiger charge is -2.32. The number of aliphatic hydroxyl groups excluding tert-OH is 1. The zero-order chi connectivity index (χ0) is 36.5. The highest BCUT2D eigenvalue weighted by Crippen LogP contribution is 2.24. The van der Waals surface area contributed by atoms with Gasteiger partial charge in [-0.1, -0.05) is 99.1 Å². The number of rotatable bonds is 16. The first-order valence-electron chi connectivity index (χ1n) is 17.1. The Morgan fingerprint density at radius 2 is 1.39 bits per heavy atom. The molecule has 0 radical (unpaired) electrons. The van der Waals surface area contributed by atoms with Gasteiger partial charge in [-0.05, 0) is 88.5 Å². The topological polar surface area (TPSA) is 125 Å². The lowest BCUT2D eigenvalue weighted by atomic mass is 9.98. The van der Waals surface area contributed by atoms with E-state index in [9.17, 15) is 23.1 Å². The van der Waals surface area contributed by atoms with E-state index in [1.807, 2.05) is 27.7 Å². The Hall–Kier alpha value is -3.73. The van der Waals surface area contributed by atoms with Gasteiger partial charge in [0.25, 0.3) is 0 Å². The molecule has 1 unspecified atom stereocenters. The minimum atomic E-state index is -3.78. The van der Waals surface area contributed by atoms with E-state index in [1.165, 1.54) is 15.4 Å². The summed E-state index contributed by atoms with van der Waals surface area (Å²) in [6.45, 7) is 13.4. The van der Waals surface area contributed by atoms with Crippen LogP contribution in [-0.2, 0) is 26.0 Å². The Kier molecular flexibility index (Phi) is 17.5. The summed E-state index contributed by atoms with van der Waals surface area (Å²) in [6, 6.07) is 27.2. The van der Waals surface area contributed by atoms with Crippen molar-refractivity contribution in [3.8, 4) is 0 Å². The highest BCUT2D eigenvalue weighted by atomic mass is 32.2. The summed E-state index contributed by atoms with van der Waals surface area (Å²) >= 11 is 0. The molecule has 0 heterocycles. The molecule has 3 aromatic carbocycles. The van der Waals surface area contributed by atoms with Crippen molar-refractivity contribution in [3.05, 3.63) is 102 Å². The molecule has 3 aromatic rings. The third-order valence-electron chi connectivity index (χ3n) is 7.69. The van der Waals surface area contributed by atoms with Gasteiger partial charge in [0.1, 0.15) is 5.60 Å². The van der Waals surface area contributed by atoms with Crippen LogP contribution < -0.4 is 10.6 Å². The standard InChI is InChI=1S/C26H45N3O6S.C13H12/c1-19(2)13-15-29(36(33,34)23-10-8-20(3)9-11-23)22(18-30)16-21(4)12-14-27-24(31)17-28-25(32)35-26(5,6)7;1-3-7-12(8-4-1)11-13-9-5-2-6-10-13/h8-11,19,21-22,30H,12-18H2,1-7H3,(H,27,31)(H,28,32);1-10H,11H2/t21?,22-;/m0./s1. The second-order valence-electron chi connectivity index (χ2n) is 13.9. The summed E-state index contributed by atoms with van der Waals surface area (Å²) in [6.07, 6.45) is 2.09. The summed E-state index contributed by atoms with van der Waals surface area (Å²) in [5, 5.41) is 15.3. The molecular weight excluding hydrogens is 639 g/mol. The normalized spacial score (nSPS) is 12.9. The van der Waals surface area contributed by atoms with Crippen LogP contribution in [0.15, 0.2) is 89.8 Å². The Labute approximate surface area is 294 Å². The third kappa shape index (κ3) is 16.5. The second kappa shape index (κ2) is 20.7. The molecular formula is C39H57N3O6S. The number of carbonyl (C=O) groups excluding carboxylic acids is 2. The summed E-state index contributed by atoms with van der Waals surface area (Å²) in [4.78, 5) is 23.9. The van der Waals surface area contributed by atoms with Crippen LogP contribution in [0.2, 0.25) is 0 Å². The van der Waals surface area contributed by atoms with Gasteiger partial charge in [0, 0.05) is 19.1 Å². The average Bonchev–Trinajstić information content (AvgIpc) is 3.04. The molecule has 0 aliphatic heterocycles. The van der Waals surface area contributed by atoms with E-state index in [0.29, 0.717) is 38.3 Å². The summed E-state index contributed by atoms with van der Waals surface area (Å²) < 4.78 is 33.5. The number of aryl methyl sites for hydroxylation is 1. The quantitative estimate of drug-likeness (QED) is 0.153. The lowest BCUT2D eigenvalue weighted by Crippen LogP contribution is -2.44. The maximum Gasteiger partial charge on any atom is 0.408 e. The van der Waals surface area contributed by atoms with Gasteiger partial charge in [0.05, 0.1) is 18.0 Å². The zero-order valence-corrected chi connectivity index (χ0v) is 31.1. The Morgan fingerprint density at radius 1 is 0.837 bits per heavy atom. The van der Waals surface area contributed by atoms with E-state index in [1.54, 1.807) is 45.0 Å². The molecule has 0 saturated heterocycles. The smallest absolute Gasteiger partial charge is 0.408 e. The Bertz CT molecular complexity index is 1450. The number of hydrogen-bond donors (Lipinski definition) is 3. The summed E-state index contributed by atoms with van der Waals surface area (Å²) in [5.41, 5.74) is 3.07. The van der Waals surface area contributed by atoms with Gasteiger partial charge in [0.15, 0.2) is 0 Å². The van der Waals surface area contributed by atoms with Crippen molar-refractivity contribution in [2.24, 2.45) is 11.8 Å². The molecule has 0 aromatic heterocycles. The van der Waals surface area contributed by atoms with E-state index in [-0.39, 0.29) is 29.9 Å².